The minimum atomic E-state index is -4.12. The molecular weight excluding hydrogens is 514 g/mol. The van der Waals surface area contributed by atoms with E-state index in [0.717, 1.165) is 21.0 Å². The molecule has 0 fully saturated rings. The van der Waals surface area contributed by atoms with Crippen LogP contribution < -0.4 is 14.4 Å². The number of rotatable bonds is 11. The van der Waals surface area contributed by atoms with Crippen LogP contribution in [0.4, 0.5) is 5.69 Å². The van der Waals surface area contributed by atoms with Gasteiger partial charge in [-0.2, -0.15) is 0 Å². The summed E-state index contributed by atoms with van der Waals surface area (Å²) in [5, 5.41) is 2.63. The summed E-state index contributed by atoms with van der Waals surface area (Å²) in [6.07, 6.45) is 0.351. The third-order valence-electron chi connectivity index (χ3n) is 6.64. The first-order valence-electron chi connectivity index (χ1n) is 12.8. The van der Waals surface area contributed by atoms with Gasteiger partial charge in [-0.25, -0.2) is 8.42 Å². The number of likely N-dealkylation sites (N-methyl/N-ethyl adjacent to an activating group) is 1. The van der Waals surface area contributed by atoms with Crippen molar-refractivity contribution in [2.45, 2.75) is 51.6 Å². The molecule has 39 heavy (non-hydrogen) atoms. The smallest absolute Gasteiger partial charge is 0.264 e. The number of hydrogen-bond acceptors (Lipinski definition) is 5. The van der Waals surface area contributed by atoms with Gasteiger partial charge in [0.2, 0.25) is 11.8 Å². The number of sulfonamides is 1. The lowest BCUT2D eigenvalue weighted by molar-refractivity contribution is -0.140. The molecule has 0 saturated carbocycles. The van der Waals surface area contributed by atoms with Crippen molar-refractivity contribution in [1.29, 1.82) is 0 Å². The van der Waals surface area contributed by atoms with Crippen molar-refractivity contribution < 1.29 is 22.7 Å². The average molecular weight is 552 g/mol. The summed E-state index contributed by atoms with van der Waals surface area (Å²) >= 11 is 0. The molecule has 2 amide bonds. The quantitative estimate of drug-likeness (QED) is 0.382. The van der Waals surface area contributed by atoms with Crippen LogP contribution in [0.2, 0.25) is 0 Å². The van der Waals surface area contributed by atoms with E-state index in [9.17, 15) is 18.0 Å². The molecule has 3 aromatic carbocycles. The SMILES string of the molecule is CC[C@@H](C(=O)NC)N(Cc1cccc(OC)c1)C(=O)CN(c1cc(C)ccc1C)S(=O)(=O)c1ccc(C)cc1. The van der Waals surface area contributed by atoms with Crippen molar-refractivity contribution in [3.05, 3.63) is 89.0 Å². The number of anilines is 1. The Balaban J connectivity index is 2.11. The van der Waals surface area contributed by atoms with E-state index in [4.69, 9.17) is 4.74 Å². The van der Waals surface area contributed by atoms with E-state index in [1.54, 1.807) is 49.6 Å². The first kappa shape index (κ1) is 29.7. The highest BCUT2D eigenvalue weighted by atomic mass is 32.2. The molecule has 1 atom stereocenters. The lowest BCUT2D eigenvalue weighted by atomic mass is 10.1. The molecule has 3 aromatic rings. The maximum absolute atomic E-state index is 14.0. The molecule has 0 unspecified atom stereocenters. The van der Waals surface area contributed by atoms with Crippen molar-refractivity contribution in [1.82, 2.24) is 10.2 Å². The Labute approximate surface area is 231 Å². The third-order valence-corrected chi connectivity index (χ3v) is 8.41. The zero-order valence-electron chi connectivity index (χ0n) is 23.4. The van der Waals surface area contributed by atoms with E-state index in [0.29, 0.717) is 23.4 Å². The molecule has 0 bridgehead atoms. The molecule has 3 rings (SSSR count). The highest BCUT2D eigenvalue weighted by molar-refractivity contribution is 7.92. The number of nitrogens with one attached hydrogen (secondary N) is 1. The lowest BCUT2D eigenvalue weighted by Gasteiger charge is -2.33. The van der Waals surface area contributed by atoms with Crippen LogP contribution in [-0.4, -0.2) is 51.9 Å². The van der Waals surface area contributed by atoms with E-state index in [-0.39, 0.29) is 17.3 Å². The second-order valence-corrected chi connectivity index (χ2v) is 11.4. The maximum atomic E-state index is 14.0. The summed E-state index contributed by atoms with van der Waals surface area (Å²) in [4.78, 5) is 28.4. The third kappa shape index (κ3) is 6.97. The van der Waals surface area contributed by atoms with Crippen molar-refractivity contribution in [3.8, 4) is 5.75 Å². The number of hydrogen-bond donors (Lipinski definition) is 1. The Morgan fingerprint density at radius 1 is 0.949 bits per heavy atom. The van der Waals surface area contributed by atoms with Crippen LogP contribution in [0.1, 0.15) is 35.6 Å². The maximum Gasteiger partial charge on any atom is 0.264 e. The van der Waals surface area contributed by atoms with Crippen molar-refractivity contribution in [2.24, 2.45) is 0 Å². The van der Waals surface area contributed by atoms with Gasteiger partial charge < -0.3 is 15.0 Å². The van der Waals surface area contributed by atoms with Crippen LogP contribution in [0, 0.1) is 20.8 Å². The second kappa shape index (κ2) is 12.8. The molecule has 208 valence electrons. The largest absolute Gasteiger partial charge is 0.497 e. The average Bonchev–Trinajstić information content (AvgIpc) is 2.93. The van der Waals surface area contributed by atoms with Gasteiger partial charge in [0.1, 0.15) is 18.3 Å². The van der Waals surface area contributed by atoms with Gasteiger partial charge in [0.25, 0.3) is 10.0 Å². The van der Waals surface area contributed by atoms with Gasteiger partial charge in [0.05, 0.1) is 17.7 Å². The molecule has 9 heteroatoms. The fourth-order valence-electron chi connectivity index (χ4n) is 4.39. The summed E-state index contributed by atoms with van der Waals surface area (Å²) in [5.41, 5.74) is 3.66. The predicted octanol–water partition coefficient (Wildman–Crippen LogP) is 4.37. The second-order valence-electron chi connectivity index (χ2n) is 9.53. The first-order valence-corrected chi connectivity index (χ1v) is 14.3. The number of carbonyl (C=O) groups is 2. The number of methoxy groups -OCH3 is 1. The molecule has 0 aromatic heterocycles. The Morgan fingerprint density at radius 2 is 1.62 bits per heavy atom. The zero-order valence-corrected chi connectivity index (χ0v) is 24.2. The Bertz CT molecular complexity index is 1420. The molecule has 0 saturated heterocycles. The normalized spacial score (nSPS) is 11.9. The lowest BCUT2D eigenvalue weighted by Crippen LogP contribution is -2.51. The van der Waals surface area contributed by atoms with Crippen LogP contribution in [0.15, 0.2) is 71.6 Å². The highest BCUT2D eigenvalue weighted by Crippen LogP contribution is 2.29. The van der Waals surface area contributed by atoms with Crippen molar-refractivity contribution >= 4 is 27.5 Å². The molecule has 1 N–H and O–H groups in total. The van der Waals surface area contributed by atoms with Gasteiger partial charge in [0, 0.05) is 13.6 Å². The fourth-order valence-corrected chi connectivity index (χ4v) is 5.86. The first-order chi connectivity index (χ1) is 18.5. The molecular formula is C30H37N3O5S. The molecule has 0 aliphatic heterocycles. The van der Waals surface area contributed by atoms with Gasteiger partial charge in [-0.1, -0.05) is 48.9 Å². The summed E-state index contributed by atoms with van der Waals surface area (Å²) < 4.78 is 34.5. The standard InChI is InChI=1S/C30H37N3O5S/c1-7-27(30(35)31-5)32(19-24-9-8-10-25(18-24)38-6)29(34)20-33(28-17-22(3)11-14-23(28)4)39(36,37)26-15-12-21(2)13-16-26/h8-18,27H,7,19-20H2,1-6H3,(H,31,35)/t27-/m0/s1. The van der Waals surface area contributed by atoms with Crippen LogP contribution in [-0.2, 0) is 26.2 Å². The van der Waals surface area contributed by atoms with Gasteiger partial charge in [0.15, 0.2) is 0 Å². The van der Waals surface area contributed by atoms with Crippen LogP contribution in [0.5, 0.6) is 5.75 Å². The summed E-state index contributed by atoms with van der Waals surface area (Å²) in [5.74, 6) is -0.204. The summed E-state index contributed by atoms with van der Waals surface area (Å²) in [6, 6.07) is 18.5. The minimum Gasteiger partial charge on any atom is -0.497 e. The number of aryl methyl sites for hydroxylation is 3. The molecule has 8 nitrogen and oxygen atoms in total. The number of benzene rings is 3. The van der Waals surface area contributed by atoms with Gasteiger partial charge in [-0.3, -0.25) is 13.9 Å². The van der Waals surface area contributed by atoms with Crippen LogP contribution >= 0.6 is 0 Å². The molecule has 0 radical (unpaired) electrons. The van der Waals surface area contributed by atoms with E-state index in [1.807, 2.05) is 52.0 Å². The van der Waals surface area contributed by atoms with Gasteiger partial charge >= 0.3 is 0 Å². The minimum absolute atomic E-state index is 0.0829. The van der Waals surface area contributed by atoms with Gasteiger partial charge in [-0.15, -0.1) is 0 Å². The number of nitrogens with zero attached hydrogens (tertiary/aromatic N) is 2. The Kier molecular flexibility index (Phi) is 9.75. The number of ether oxygens (including phenoxy) is 1. The highest BCUT2D eigenvalue weighted by Gasteiger charge is 2.34. The van der Waals surface area contributed by atoms with E-state index >= 15 is 0 Å². The predicted molar refractivity (Wildman–Crippen MR) is 153 cm³/mol. The fraction of sp³-hybridized carbons (Fsp3) is 0.333. The molecule has 0 heterocycles. The van der Waals surface area contributed by atoms with E-state index in [2.05, 4.69) is 5.32 Å². The summed E-state index contributed by atoms with van der Waals surface area (Å²) in [6.45, 7) is 7.00. The Hall–Kier alpha value is -3.85. The monoisotopic (exact) mass is 551 g/mol. The number of carbonyl (C=O) groups excluding carboxylic acids is 2. The van der Waals surface area contributed by atoms with Crippen molar-refractivity contribution in [3.63, 3.8) is 0 Å². The van der Waals surface area contributed by atoms with Gasteiger partial charge in [-0.05, 0) is 74.2 Å². The van der Waals surface area contributed by atoms with E-state index < -0.39 is 28.5 Å². The molecule has 0 spiro atoms. The summed E-state index contributed by atoms with van der Waals surface area (Å²) in [7, 11) is -1.04. The molecule has 0 aliphatic carbocycles. The molecule has 0 aliphatic rings. The Morgan fingerprint density at radius 3 is 2.23 bits per heavy atom. The number of amides is 2. The van der Waals surface area contributed by atoms with E-state index in [1.165, 1.54) is 11.9 Å². The van der Waals surface area contributed by atoms with Crippen LogP contribution in [0.3, 0.4) is 0 Å². The van der Waals surface area contributed by atoms with Crippen molar-refractivity contribution in [2.75, 3.05) is 25.0 Å². The topological polar surface area (TPSA) is 96.0 Å². The zero-order chi connectivity index (χ0) is 28.7. The van der Waals surface area contributed by atoms with Crippen LogP contribution in [0.25, 0.3) is 0 Å².